The number of allylic oxidation sites excluding steroid dienone is 1. The van der Waals surface area contributed by atoms with Gasteiger partial charge in [-0.25, -0.2) is 9.79 Å². The lowest BCUT2D eigenvalue weighted by Crippen LogP contribution is -2.13. The van der Waals surface area contributed by atoms with Crippen LogP contribution in [0.25, 0.3) is 0 Å². The van der Waals surface area contributed by atoms with Crippen LogP contribution in [-0.4, -0.2) is 25.0 Å². The molecule has 0 aliphatic rings. The molecule has 2 aromatic carbocycles. The number of carbonyl (C=O) groups is 1. The Morgan fingerprint density at radius 3 is 1.79 bits per heavy atom. The van der Waals surface area contributed by atoms with E-state index in [1.54, 1.807) is 60.7 Å². The largest absolute Gasteiger partial charge is 0.464 e. The average molecular weight is 333 g/mol. The minimum atomic E-state index is -4.69. The van der Waals surface area contributed by atoms with Crippen LogP contribution >= 0.6 is 0 Å². The third kappa shape index (κ3) is 4.81. The zero-order valence-electron chi connectivity index (χ0n) is 12.7. The highest BCUT2D eigenvalue weighted by molar-refractivity contribution is 6.14. The van der Waals surface area contributed by atoms with Gasteiger partial charge >= 0.3 is 12.1 Å². The second-order valence-electron chi connectivity index (χ2n) is 4.76. The first kappa shape index (κ1) is 17.5. The highest BCUT2D eigenvalue weighted by Crippen LogP contribution is 2.21. The van der Waals surface area contributed by atoms with Crippen LogP contribution in [0.15, 0.2) is 77.4 Å². The van der Waals surface area contributed by atoms with Crippen LogP contribution in [-0.2, 0) is 9.53 Å². The van der Waals surface area contributed by atoms with Gasteiger partial charge in [0.25, 0.3) is 0 Å². The van der Waals surface area contributed by atoms with Gasteiger partial charge in [0.2, 0.25) is 0 Å². The van der Waals surface area contributed by atoms with E-state index in [1.807, 2.05) is 0 Å². The summed E-state index contributed by atoms with van der Waals surface area (Å²) >= 11 is 0. The number of ether oxygens (including phenoxy) is 1. The van der Waals surface area contributed by atoms with Gasteiger partial charge < -0.3 is 4.74 Å². The smallest absolute Gasteiger partial charge is 0.412 e. The van der Waals surface area contributed by atoms with Gasteiger partial charge in [0, 0.05) is 11.1 Å². The Morgan fingerprint density at radius 1 is 0.958 bits per heavy atom. The molecule has 0 unspecified atom stereocenters. The van der Waals surface area contributed by atoms with Crippen LogP contribution in [0.5, 0.6) is 0 Å². The first-order valence-corrected chi connectivity index (χ1v) is 6.98. The van der Waals surface area contributed by atoms with Gasteiger partial charge in [-0.2, -0.15) is 13.2 Å². The van der Waals surface area contributed by atoms with Gasteiger partial charge in [0.15, 0.2) is 5.70 Å². The van der Waals surface area contributed by atoms with Gasteiger partial charge in [-0.05, 0) is 0 Å². The molecular formula is C18H14F3NO2. The third-order valence-electron chi connectivity index (χ3n) is 3.02. The molecule has 0 N–H and O–H groups in total. The van der Waals surface area contributed by atoms with Gasteiger partial charge in [0.1, 0.15) is 0 Å². The Hall–Kier alpha value is -2.89. The van der Waals surface area contributed by atoms with Crippen LogP contribution in [0.1, 0.15) is 11.1 Å². The van der Waals surface area contributed by atoms with E-state index < -0.39 is 17.8 Å². The van der Waals surface area contributed by atoms with E-state index in [0.717, 1.165) is 7.11 Å². The van der Waals surface area contributed by atoms with Crippen molar-refractivity contribution in [2.45, 2.75) is 6.18 Å². The first-order valence-electron chi connectivity index (χ1n) is 6.98. The number of esters is 1. The highest BCUT2D eigenvalue weighted by Gasteiger charge is 2.28. The summed E-state index contributed by atoms with van der Waals surface area (Å²) < 4.78 is 42.5. The number of carbonyl (C=O) groups excluding carboxylic acids is 1. The van der Waals surface area contributed by atoms with Crippen LogP contribution < -0.4 is 0 Å². The molecule has 0 spiro atoms. The van der Waals surface area contributed by atoms with E-state index in [1.165, 1.54) is 0 Å². The monoisotopic (exact) mass is 333 g/mol. The zero-order valence-corrected chi connectivity index (χ0v) is 12.7. The molecule has 0 saturated carbocycles. The number of benzene rings is 2. The molecule has 2 rings (SSSR count). The minimum absolute atomic E-state index is 0.162. The lowest BCUT2D eigenvalue weighted by molar-refractivity contribution is -0.137. The fraction of sp³-hybridized carbons (Fsp3) is 0.111. The number of methoxy groups -OCH3 is 1. The van der Waals surface area contributed by atoms with Crippen molar-refractivity contribution in [3.63, 3.8) is 0 Å². The van der Waals surface area contributed by atoms with Crippen molar-refractivity contribution in [1.29, 1.82) is 0 Å². The van der Waals surface area contributed by atoms with E-state index in [9.17, 15) is 18.0 Å². The molecule has 0 aliphatic carbocycles. The highest BCUT2D eigenvalue weighted by atomic mass is 19.4. The second kappa shape index (κ2) is 7.59. The predicted molar refractivity (Wildman–Crippen MR) is 84.7 cm³/mol. The maximum absolute atomic E-state index is 12.7. The molecule has 0 radical (unpaired) electrons. The maximum atomic E-state index is 12.7. The summed E-state index contributed by atoms with van der Waals surface area (Å²) in [6, 6.07) is 17.3. The zero-order chi connectivity index (χ0) is 17.6. The predicted octanol–water partition coefficient (Wildman–Crippen LogP) is 4.14. The number of nitrogens with zero attached hydrogens (tertiary/aromatic N) is 1. The fourth-order valence-corrected chi connectivity index (χ4v) is 2.00. The number of hydrogen-bond acceptors (Lipinski definition) is 3. The number of rotatable bonds is 4. The number of halogens is 3. The Labute approximate surface area is 137 Å². The molecule has 0 saturated heterocycles. The second-order valence-corrected chi connectivity index (χ2v) is 4.76. The molecular weight excluding hydrogens is 319 g/mol. The lowest BCUT2D eigenvalue weighted by atomic mass is 10.0. The minimum Gasteiger partial charge on any atom is -0.464 e. The number of hydrogen-bond donors (Lipinski definition) is 0. The first-order chi connectivity index (χ1) is 11.4. The molecule has 0 heterocycles. The Kier molecular flexibility index (Phi) is 5.52. The average Bonchev–Trinajstić information content (AvgIpc) is 2.58. The van der Waals surface area contributed by atoms with Crippen molar-refractivity contribution in [2.75, 3.05) is 7.11 Å². The van der Waals surface area contributed by atoms with Gasteiger partial charge in [-0.15, -0.1) is 0 Å². The van der Waals surface area contributed by atoms with E-state index in [-0.39, 0.29) is 11.8 Å². The third-order valence-corrected chi connectivity index (χ3v) is 3.02. The molecule has 0 amide bonds. The summed E-state index contributed by atoms with van der Waals surface area (Å²) in [7, 11) is 1.01. The van der Waals surface area contributed by atoms with Crippen LogP contribution in [0.4, 0.5) is 13.2 Å². The standard InChI is InChI=1S/C18H14F3NO2/c1-24-17(23)15(12-18(19,20)21)22-16(13-8-4-2-5-9-13)14-10-6-3-7-11-14/h2-12H,1H3/b15-12+. The van der Waals surface area contributed by atoms with E-state index >= 15 is 0 Å². The summed E-state index contributed by atoms with van der Waals surface area (Å²) in [5.74, 6) is -1.16. The van der Waals surface area contributed by atoms with Gasteiger partial charge in [0.05, 0.1) is 18.9 Å². The van der Waals surface area contributed by atoms with Crippen molar-refractivity contribution < 1.29 is 22.7 Å². The van der Waals surface area contributed by atoms with Crippen molar-refractivity contribution in [1.82, 2.24) is 0 Å². The molecule has 2 aromatic rings. The Bertz CT molecular complexity index is 709. The van der Waals surface area contributed by atoms with E-state index in [0.29, 0.717) is 11.1 Å². The molecule has 0 aromatic heterocycles. The fourth-order valence-electron chi connectivity index (χ4n) is 2.00. The molecule has 0 atom stereocenters. The summed E-state index contributed by atoms with van der Waals surface area (Å²) in [6.07, 6.45) is -4.85. The van der Waals surface area contributed by atoms with Gasteiger partial charge in [-0.3, -0.25) is 0 Å². The lowest BCUT2D eigenvalue weighted by Gasteiger charge is -2.09. The van der Waals surface area contributed by atoms with Crippen LogP contribution in [0.2, 0.25) is 0 Å². The summed E-state index contributed by atoms with van der Waals surface area (Å²) in [4.78, 5) is 15.6. The molecule has 6 heteroatoms. The SMILES string of the molecule is COC(=O)/C(=C\C(F)(F)F)N=C(c1ccccc1)c1ccccc1. The molecule has 0 aliphatic heterocycles. The summed E-state index contributed by atoms with van der Waals surface area (Å²) in [6.45, 7) is 0. The number of aliphatic imine (C=N–C) groups is 1. The summed E-state index contributed by atoms with van der Waals surface area (Å²) in [5, 5.41) is 0. The molecule has 24 heavy (non-hydrogen) atoms. The van der Waals surface area contributed by atoms with E-state index in [2.05, 4.69) is 9.73 Å². The molecule has 0 bridgehead atoms. The van der Waals surface area contributed by atoms with E-state index in [4.69, 9.17) is 0 Å². The Morgan fingerprint density at radius 2 is 1.42 bits per heavy atom. The normalized spacial score (nSPS) is 11.8. The maximum Gasteiger partial charge on any atom is 0.412 e. The van der Waals surface area contributed by atoms with Crippen molar-refractivity contribution in [2.24, 2.45) is 4.99 Å². The van der Waals surface area contributed by atoms with Crippen LogP contribution in [0, 0.1) is 0 Å². The van der Waals surface area contributed by atoms with Crippen molar-refractivity contribution in [3.8, 4) is 0 Å². The quantitative estimate of drug-likeness (QED) is 0.479. The Balaban J connectivity index is 2.62. The number of alkyl halides is 3. The topological polar surface area (TPSA) is 38.7 Å². The van der Waals surface area contributed by atoms with Gasteiger partial charge in [-0.1, -0.05) is 60.7 Å². The molecule has 124 valence electrons. The van der Waals surface area contributed by atoms with Crippen molar-refractivity contribution >= 4 is 11.7 Å². The molecule has 3 nitrogen and oxygen atoms in total. The molecule has 0 fully saturated rings. The van der Waals surface area contributed by atoms with Crippen molar-refractivity contribution in [3.05, 3.63) is 83.6 Å². The van der Waals surface area contributed by atoms with Crippen LogP contribution in [0.3, 0.4) is 0 Å². The summed E-state index contributed by atoms with van der Waals surface area (Å²) in [5.41, 5.74) is 0.603.